The lowest BCUT2D eigenvalue weighted by molar-refractivity contribution is -0.0659. The second-order valence-corrected chi connectivity index (χ2v) is 3.99. The molecule has 2 atom stereocenters. The fraction of sp³-hybridized carbons (Fsp3) is 1.00. The van der Waals surface area contributed by atoms with Crippen LogP contribution in [0.1, 0.15) is 27.2 Å². The molecule has 0 spiro atoms. The number of hydrogen-bond acceptors (Lipinski definition) is 3. The zero-order valence-corrected chi connectivity index (χ0v) is 8.92. The molecule has 1 saturated heterocycles. The van der Waals surface area contributed by atoms with E-state index in [4.69, 9.17) is 4.74 Å². The van der Waals surface area contributed by atoms with Crippen molar-refractivity contribution in [3.8, 4) is 0 Å². The molecule has 1 aliphatic heterocycles. The molecule has 3 nitrogen and oxygen atoms in total. The first-order valence-corrected chi connectivity index (χ1v) is 5.12. The summed E-state index contributed by atoms with van der Waals surface area (Å²) >= 11 is 0. The first kappa shape index (κ1) is 11.0. The molecule has 0 aliphatic carbocycles. The summed E-state index contributed by atoms with van der Waals surface area (Å²) in [4.78, 5) is 2.33. The van der Waals surface area contributed by atoms with Gasteiger partial charge in [-0.3, -0.25) is 4.90 Å². The van der Waals surface area contributed by atoms with Crippen molar-refractivity contribution in [1.82, 2.24) is 4.90 Å². The highest BCUT2D eigenvalue weighted by molar-refractivity contribution is 4.90. The molecule has 0 aromatic carbocycles. The summed E-state index contributed by atoms with van der Waals surface area (Å²) in [6.07, 6.45) is 0.695. The predicted molar refractivity (Wildman–Crippen MR) is 52.8 cm³/mol. The van der Waals surface area contributed by atoms with Gasteiger partial charge in [0.25, 0.3) is 0 Å². The highest BCUT2D eigenvalue weighted by atomic mass is 16.5. The zero-order chi connectivity index (χ0) is 9.90. The third kappa shape index (κ3) is 2.22. The normalized spacial score (nSPS) is 26.8. The minimum Gasteiger partial charge on any atom is -0.391 e. The molecular weight excluding hydrogens is 166 g/mol. The lowest BCUT2D eigenvalue weighted by Gasteiger charge is -2.44. The van der Waals surface area contributed by atoms with Crippen LogP contribution in [0.15, 0.2) is 0 Å². The SMILES string of the molecule is CCC(C)(C(C)O)N1CCOCC1. The predicted octanol–water partition coefficient (Wildman–Crippen LogP) is 0.868. The first-order valence-electron chi connectivity index (χ1n) is 5.12. The maximum atomic E-state index is 9.74. The molecule has 13 heavy (non-hydrogen) atoms. The molecule has 1 heterocycles. The highest BCUT2D eigenvalue weighted by Gasteiger charge is 2.35. The number of aliphatic hydroxyl groups excluding tert-OH is 1. The average Bonchev–Trinajstić information content (AvgIpc) is 2.17. The number of ether oxygens (including phenoxy) is 1. The summed E-state index contributed by atoms with van der Waals surface area (Å²) in [6.45, 7) is 9.60. The Hall–Kier alpha value is -0.120. The molecule has 1 fully saturated rings. The quantitative estimate of drug-likeness (QED) is 0.711. The Morgan fingerprint density at radius 2 is 2.00 bits per heavy atom. The van der Waals surface area contributed by atoms with Gasteiger partial charge in [-0.15, -0.1) is 0 Å². The van der Waals surface area contributed by atoms with Crippen molar-refractivity contribution < 1.29 is 9.84 Å². The van der Waals surface area contributed by atoms with Gasteiger partial charge in [0.1, 0.15) is 0 Å². The van der Waals surface area contributed by atoms with Gasteiger partial charge in [0.05, 0.1) is 19.3 Å². The molecule has 0 amide bonds. The lowest BCUT2D eigenvalue weighted by Crippen LogP contribution is -2.56. The van der Waals surface area contributed by atoms with Gasteiger partial charge in [0.2, 0.25) is 0 Å². The first-order chi connectivity index (χ1) is 6.11. The Kier molecular flexibility index (Phi) is 3.71. The van der Waals surface area contributed by atoms with Gasteiger partial charge < -0.3 is 9.84 Å². The molecule has 0 radical (unpaired) electrons. The van der Waals surface area contributed by atoms with Crippen molar-refractivity contribution >= 4 is 0 Å². The van der Waals surface area contributed by atoms with E-state index >= 15 is 0 Å². The number of rotatable bonds is 3. The van der Waals surface area contributed by atoms with Crippen molar-refractivity contribution in [2.45, 2.75) is 38.8 Å². The van der Waals surface area contributed by atoms with Crippen molar-refractivity contribution in [1.29, 1.82) is 0 Å². The number of nitrogens with zero attached hydrogens (tertiary/aromatic N) is 1. The van der Waals surface area contributed by atoms with Gasteiger partial charge in [0, 0.05) is 18.6 Å². The topological polar surface area (TPSA) is 32.7 Å². The van der Waals surface area contributed by atoms with Gasteiger partial charge in [0.15, 0.2) is 0 Å². The maximum absolute atomic E-state index is 9.74. The fourth-order valence-electron chi connectivity index (χ4n) is 1.86. The number of morpholine rings is 1. The largest absolute Gasteiger partial charge is 0.391 e. The average molecular weight is 187 g/mol. The molecule has 1 aliphatic rings. The van der Waals surface area contributed by atoms with Crippen LogP contribution in [0.2, 0.25) is 0 Å². The molecule has 0 aromatic heterocycles. The van der Waals surface area contributed by atoms with E-state index in [-0.39, 0.29) is 11.6 Å². The van der Waals surface area contributed by atoms with E-state index in [0.29, 0.717) is 0 Å². The van der Waals surface area contributed by atoms with E-state index in [1.807, 2.05) is 6.92 Å². The molecule has 2 unspecified atom stereocenters. The molecule has 0 bridgehead atoms. The number of aliphatic hydroxyl groups is 1. The van der Waals surface area contributed by atoms with Gasteiger partial charge in [-0.25, -0.2) is 0 Å². The minimum absolute atomic E-state index is 0.0796. The van der Waals surface area contributed by atoms with Crippen LogP contribution in [0, 0.1) is 0 Å². The molecule has 78 valence electrons. The van der Waals surface area contributed by atoms with E-state index in [1.54, 1.807) is 0 Å². The summed E-state index contributed by atoms with van der Waals surface area (Å²) in [6, 6.07) is 0. The summed E-state index contributed by atoms with van der Waals surface area (Å²) in [5.74, 6) is 0. The second kappa shape index (κ2) is 4.40. The van der Waals surface area contributed by atoms with Crippen LogP contribution < -0.4 is 0 Å². The molecular formula is C10H21NO2. The van der Waals surface area contributed by atoms with Crippen LogP contribution in [0.25, 0.3) is 0 Å². The molecule has 0 aromatic rings. The Morgan fingerprint density at radius 3 is 2.38 bits per heavy atom. The van der Waals surface area contributed by atoms with E-state index in [0.717, 1.165) is 32.7 Å². The maximum Gasteiger partial charge on any atom is 0.0693 e. The number of hydrogen-bond donors (Lipinski definition) is 1. The van der Waals surface area contributed by atoms with Crippen LogP contribution in [0.5, 0.6) is 0 Å². The Bertz CT molecular complexity index is 155. The van der Waals surface area contributed by atoms with Crippen molar-refractivity contribution in [2.75, 3.05) is 26.3 Å². The smallest absolute Gasteiger partial charge is 0.0693 e. The van der Waals surface area contributed by atoms with E-state index in [2.05, 4.69) is 18.7 Å². The van der Waals surface area contributed by atoms with E-state index < -0.39 is 0 Å². The molecule has 1 N–H and O–H groups in total. The van der Waals surface area contributed by atoms with E-state index in [9.17, 15) is 5.11 Å². The van der Waals surface area contributed by atoms with Gasteiger partial charge in [-0.1, -0.05) is 6.92 Å². The summed E-state index contributed by atoms with van der Waals surface area (Å²) in [5.41, 5.74) is -0.0796. The lowest BCUT2D eigenvalue weighted by atomic mass is 9.90. The van der Waals surface area contributed by atoms with Crippen molar-refractivity contribution in [2.24, 2.45) is 0 Å². The van der Waals surface area contributed by atoms with Crippen molar-refractivity contribution in [3.05, 3.63) is 0 Å². The van der Waals surface area contributed by atoms with Crippen LogP contribution in [0.3, 0.4) is 0 Å². The third-order valence-electron chi connectivity index (χ3n) is 3.35. The monoisotopic (exact) mass is 187 g/mol. The Morgan fingerprint density at radius 1 is 1.46 bits per heavy atom. The van der Waals surface area contributed by atoms with Crippen LogP contribution in [0.4, 0.5) is 0 Å². The summed E-state index contributed by atoms with van der Waals surface area (Å²) < 4.78 is 5.30. The van der Waals surface area contributed by atoms with Crippen LogP contribution >= 0.6 is 0 Å². The van der Waals surface area contributed by atoms with Gasteiger partial charge >= 0.3 is 0 Å². The highest BCUT2D eigenvalue weighted by Crippen LogP contribution is 2.24. The standard InChI is InChI=1S/C10H21NO2/c1-4-10(3,9(2)12)11-5-7-13-8-6-11/h9,12H,4-8H2,1-3H3. The van der Waals surface area contributed by atoms with Gasteiger partial charge in [-0.05, 0) is 20.3 Å². The molecule has 0 saturated carbocycles. The summed E-state index contributed by atoms with van der Waals surface area (Å²) in [7, 11) is 0. The third-order valence-corrected chi connectivity index (χ3v) is 3.35. The van der Waals surface area contributed by atoms with Gasteiger partial charge in [-0.2, -0.15) is 0 Å². The van der Waals surface area contributed by atoms with Crippen molar-refractivity contribution in [3.63, 3.8) is 0 Å². The molecule has 1 rings (SSSR count). The van der Waals surface area contributed by atoms with Crippen LogP contribution in [-0.4, -0.2) is 48.0 Å². The van der Waals surface area contributed by atoms with E-state index in [1.165, 1.54) is 0 Å². The minimum atomic E-state index is -0.282. The Labute approximate surface area is 80.7 Å². The molecule has 3 heteroatoms. The fourth-order valence-corrected chi connectivity index (χ4v) is 1.86. The summed E-state index contributed by atoms with van der Waals surface area (Å²) in [5, 5.41) is 9.74. The van der Waals surface area contributed by atoms with Crippen LogP contribution in [-0.2, 0) is 4.74 Å². The second-order valence-electron chi connectivity index (χ2n) is 3.99. The Balaban J connectivity index is 2.62. The zero-order valence-electron chi connectivity index (χ0n) is 8.92.